The number of pyridine rings is 1. The Labute approximate surface area is 233 Å². The van der Waals surface area contributed by atoms with Crippen molar-refractivity contribution in [2.24, 2.45) is 5.92 Å². The predicted molar refractivity (Wildman–Crippen MR) is 153 cm³/mol. The molecule has 3 aromatic carbocycles. The van der Waals surface area contributed by atoms with Crippen LogP contribution in [-0.4, -0.2) is 55.3 Å². The third-order valence-electron chi connectivity index (χ3n) is 7.46. The largest absolute Gasteiger partial charge is 0.329 e. The second-order valence-electron chi connectivity index (χ2n) is 10.3. The van der Waals surface area contributed by atoms with E-state index in [-0.39, 0.29) is 27.6 Å². The maximum absolute atomic E-state index is 13.8. The second-order valence-corrected chi connectivity index (χ2v) is 12.3. The average molecular weight is 561 g/mol. The van der Waals surface area contributed by atoms with Gasteiger partial charge in [-0.1, -0.05) is 60.1 Å². The summed E-state index contributed by atoms with van der Waals surface area (Å²) in [6, 6.07) is 23.3. The first-order valence-corrected chi connectivity index (χ1v) is 15.0. The number of amides is 1. The number of fused-ring (bicyclic) bond motifs is 1. The molecule has 1 aromatic heterocycles. The van der Waals surface area contributed by atoms with Crippen LogP contribution in [0.3, 0.4) is 0 Å². The van der Waals surface area contributed by atoms with Crippen LogP contribution in [-0.2, 0) is 10.0 Å². The zero-order chi connectivity index (χ0) is 27.0. The maximum atomic E-state index is 13.8. The summed E-state index contributed by atoms with van der Waals surface area (Å²) in [4.78, 5) is 22.5. The third-order valence-corrected chi connectivity index (χ3v) is 9.19. The van der Waals surface area contributed by atoms with Gasteiger partial charge in [-0.3, -0.25) is 19.4 Å². The van der Waals surface area contributed by atoms with Crippen molar-refractivity contribution in [3.8, 4) is 0 Å². The maximum Gasteiger partial charge on any atom is 0.264 e. The molecule has 6 rings (SSSR count). The van der Waals surface area contributed by atoms with Gasteiger partial charge in [0.1, 0.15) is 4.90 Å². The Kier molecular flexibility index (Phi) is 7.01. The van der Waals surface area contributed by atoms with Crippen LogP contribution in [0.4, 0.5) is 5.69 Å². The van der Waals surface area contributed by atoms with Gasteiger partial charge in [0.05, 0.1) is 27.8 Å². The van der Waals surface area contributed by atoms with Crippen LogP contribution in [0.2, 0.25) is 5.02 Å². The monoisotopic (exact) mass is 560 g/mol. The van der Waals surface area contributed by atoms with Crippen LogP contribution < -0.4 is 4.72 Å². The number of aromatic nitrogens is 1. The number of anilines is 1. The zero-order valence-corrected chi connectivity index (χ0v) is 22.9. The molecule has 1 saturated heterocycles. The Balaban J connectivity index is 1.24. The molecule has 0 bridgehead atoms. The van der Waals surface area contributed by atoms with Crippen molar-refractivity contribution in [1.82, 2.24) is 14.8 Å². The first-order valence-electron chi connectivity index (χ1n) is 13.1. The lowest BCUT2D eigenvalue weighted by Crippen LogP contribution is -2.51. The number of carbonyl (C=O) groups is 1. The molecule has 1 aliphatic carbocycles. The van der Waals surface area contributed by atoms with Gasteiger partial charge in [0.2, 0.25) is 0 Å². The van der Waals surface area contributed by atoms with Crippen molar-refractivity contribution in [3.63, 3.8) is 0 Å². The first-order chi connectivity index (χ1) is 18.9. The molecule has 7 nitrogen and oxygen atoms in total. The van der Waals surface area contributed by atoms with Crippen molar-refractivity contribution >= 4 is 44.1 Å². The number of carbonyl (C=O) groups excluding carboxylic acids is 1. The fourth-order valence-electron chi connectivity index (χ4n) is 5.28. The van der Waals surface area contributed by atoms with Gasteiger partial charge in [-0.05, 0) is 54.7 Å². The summed E-state index contributed by atoms with van der Waals surface area (Å²) in [5.74, 6) is 0.617. The van der Waals surface area contributed by atoms with E-state index < -0.39 is 10.0 Å². The second kappa shape index (κ2) is 10.6. The number of benzene rings is 3. The van der Waals surface area contributed by atoms with Crippen LogP contribution in [0, 0.1) is 5.92 Å². The average Bonchev–Trinajstić information content (AvgIpc) is 3.77. The van der Waals surface area contributed by atoms with E-state index in [0.717, 1.165) is 36.5 Å². The number of sulfonamides is 1. The number of para-hydroxylation sites is 1. The summed E-state index contributed by atoms with van der Waals surface area (Å²) in [6.45, 7) is 3.28. The summed E-state index contributed by atoms with van der Waals surface area (Å²) < 4.78 is 29.1. The van der Waals surface area contributed by atoms with E-state index in [4.69, 9.17) is 11.6 Å². The van der Waals surface area contributed by atoms with Crippen LogP contribution in [0.25, 0.3) is 10.9 Å². The van der Waals surface area contributed by atoms with Crippen molar-refractivity contribution < 1.29 is 13.2 Å². The highest BCUT2D eigenvalue weighted by atomic mass is 35.5. The van der Waals surface area contributed by atoms with E-state index in [1.807, 2.05) is 35.2 Å². The highest BCUT2D eigenvalue weighted by molar-refractivity contribution is 7.93. The number of piperazine rings is 1. The van der Waals surface area contributed by atoms with Gasteiger partial charge < -0.3 is 4.90 Å². The molecule has 0 radical (unpaired) electrons. The molecule has 0 spiro atoms. The molecule has 1 atom stereocenters. The quantitative estimate of drug-likeness (QED) is 0.318. The van der Waals surface area contributed by atoms with Gasteiger partial charge in [-0.15, -0.1) is 0 Å². The number of nitrogens with zero attached hydrogens (tertiary/aromatic N) is 3. The van der Waals surface area contributed by atoms with Crippen LogP contribution >= 0.6 is 11.6 Å². The van der Waals surface area contributed by atoms with Gasteiger partial charge in [0.25, 0.3) is 15.9 Å². The number of hydrogen-bond acceptors (Lipinski definition) is 5. The lowest BCUT2D eigenvalue weighted by atomic mass is 10.0. The van der Waals surface area contributed by atoms with Crippen molar-refractivity contribution in [2.45, 2.75) is 23.8 Å². The van der Waals surface area contributed by atoms with E-state index in [9.17, 15) is 13.2 Å². The van der Waals surface area contributed by atoms with Crippen LogP contribution in [0.15, 0.2) is 90.0 Å². The van der Waals surface area contributed by atoms with E-state index in [1.54, 1.807) is 30.5 Å². The van der Waals surface area contributed by atoms with E-state index in [1.165, 1.54) is 25.0 Å². The summed E-state index contributed by atoms with van der Waals surface area (Å²) in [7, 11) is -3.94. The Bertz CT molecular complexity index is 1620. The molecule has 39 heavy (non-hydrogen) atoms. The molecule has 2 fully saturated rings. The summed E-state index contributed by atoms with van der Waals surface area (Å²) in [5.41, 5.74) is 2.11. The molecule has 200 valence electrons. The van der Waals surface area contributed by atoms with Gasteiger partial charge in [-0.2, -0.15) is 0 Å². The molecule has 2 heterocycles. The zero-order valence-electron chi connectivity index (χ0n) is 21.3. The molecule has 2 aliphatic rings. The molecular formula is C30H29ClN4O3S. The van der Waals surface area contributed by atoms with Crippen LogP contribution in [0.1, 0.15) is 34.8 Å². The minimum Gasteiger partial charge on any atom is -0.329 e. The molecule has 9 heteroatoms. The molecule has 1 amide bonds. The minimum atomic E-state index is -3.94. The minimum absolute atomic E-state index is 0.0756. The number of nitrogens with one attached hydrogen (secondary N) is 1. The molecule has 1 N–H and O–H groups in total. The Hall–Kier alpha value is -3.46. The lowest BCUT2D eigenvalue weighted by molar-refractivity contribution is 0.0441. The molecule has 4 aromatic rings. The first kappa shape index (κ1) is 25.8. The molecule has 1 saturated carbocycles. The van der Waals surface area contributed by atoms with Crippen molar-refractivity contribution in [3.05, 3.63) is 101 Å². The Morgan fingerprint density at radius 3 is 2.54 bits per heavy atom. The number of halogens is 1. The van der Waals surface area contributed by atoms with Crippen molar-refractivity contribution in [2.75, 3.05) is 30.9 Å². The standard InChI is InChI=1S/C30H29ClN4O3S/c31-26-18-24(33-39(37,38)28-10-4-8-23-9-5-15-32-29(23)28)13-14-25(26)30(36)35-17-16-34(19-21-11-12-21)20-27(35)22-6-2-1-3-7-22/h1-10,13-15,18,21,27,33H,11-12,16-17,19-20H2/t27-/m1/s1. The van der Waals surface area contributed by atoms with Crippen LogP contribution in [0.5, 0.6) is 0 Å². The SMILES string of the molecule is O=C(c1ccc(NS(=O)(=O)c2cccc3cccnc23)cc1Cl)N1CCN(CC2CC2)C[C@@H]1c1ccccc1. The van der Waals surface area contributed by atoms with Gasteiger partial charge in [0.15, 0.2) is 0 Å². The number of rotatable bonds is 7. The molecular weight excluding hydrogens is 532 g/mol. The highest BCUT2D eigenvalue weighted by Crippen LogP contribution is 2.34. The summed E-state index contributed by atoms with van der Waals surface area (Å²) in [6.07, 6.45) is 4.14. The van der Waals surface area contributed by atoms with E-state index in [0.29, 0.717) is 17.6 Å². The third kappa shape index (κ3) is 5.50. The topological polar surface area (TPSA) is 82.6 Å². The molecule has 0 unspecified atom stereocenters. The smallest absolute Gasteiger partial charge is 0.264 e. The van der Waals surface area contributed by atoms with Gasteiger partial charge >= 0.3 is 0 Å². The highest BCUT2D eigenvalue weighted by Gasteiger charge is 2.35. The fraction of sp³-hybridized carbons (Fsp3) is 0.267. The van der Waals surface area contributed by atoms with E-state index >= 15 is 0 Å². The number of hydrogen-bond donors (Lipinski definition) is 1. The van der Waals surface area contributed by atoms with E-state index in [2.05, 4.69) is 26.7 Å². The Morgan fingerprint density at radius 2 is 1.77 bits per heavy atom. The molecule has 1 aliphatic heterocycles. The predicted octanol–water partition coefficient (Wildman–Crippen LogP) is 5.60. The van der Waals surface area contributed by atoms with Gasteiger partial charge in [0, 0.05) is 37.8 Å². The lowest BCUT2D eigenvalue weighted by Gasteiger charge is -2.42. The van der Waals surface area contributed by atoms with Crippen molar-refractivity contribution in [1.29, 1.82) is 0 Å². The fourth-order valence-corrected chi connectivity index (χ4v) is 6.78. The summed E-state index contributed by atoms with van der Waals surface area (Å²) >= 11 is 6.61. The Morgan fingerprint density at radius 1 is 0.974 bits per heavy atom. The summed E-state index contributed by atoms with van der Waals surface area (Å²) in [5, 5.41) is 0.924. The normalized spacial score (nSPS) is 18.3. The van der Waals surface area contributed by atoms with Gasteiger partial charge in [-0.25, -0.2) is 8.42 Å².